The van der Waals surface area contributed by atoms with E-state index in [9.17, 15) is 10.1 Å². The minimum Gasteiger partial charge on any atom is -0.379 e. The van der Waals surface area contributed by atoms with Crippen molar-refractivity contribution in [2.75, 3.05) is 11.9 Å². The Hall–Kier alpha value is -2.09. The van der Waals surface area contributed by atoms with Crippen LogP contribution in [0, 0.1) is 33.3 Å². The van der Waals surface area contributed by atoms with Crippen LogP contribution >= 0.6 is 0 Å². The number of nitrogens with zero attached hydrogens (tertiary/aromatic N) is 2. The largest absolute Gasteiger partial charge is 0.379 e. The molecule has 1 saturated carbocycles. The fraction of sp³-hybridized carbons (Fsp3) is 0.500. The topological polar surface area (TPSA) is 79.0 Å². The molecule has 0 saturated heterocycles. The summed E-state index contributed by atoms with van der Waals surface area (Å²) in [6, 6.07) is 6.46. The molecular weight excluding hydrogens is 242 g/mol. The SMILES string of the molecule is CC1CCC(CNc2ccc(C#N)cc2[N+](=O)[O-])C1. The lowest BCUT2D eigenvalue weighted by atomic mass is 10.1. The lowest BCUT2D eigenvalue weighted by Crippen LogP contribution is -2.12. The highest BCUT2D eigenvalue weighted by atomic mass is 16.6. The van der Waals surface area contributed by atoms with Crippen LogP contribution in [0.1, 0.15) is 31.7 Å². The summed E-state index contributed by atoms with van der Waals surface area (Å²) in [6.45, 7) is 3.00. The molecule has 1 aliphatic carbocycles. The number of nitro groups is 1. The molecule has 5 nitrogen and oxygen atoms in total. The Morgan fingerprint density at radius 2 is 2.32 bits per heavy atom. The van der Waals surface area contributed by atoms with Gasteiger partial charge in [-0.05, 0) is 36.8 Å². The summed E-state index contributed by atoms with van der Waals surface area (Å²) in [7, 11) is 0. The number of rotatable bonds is 4. The molecule has 1 N–H and O–H groups in total. The molecule has 1 fully saturated rings. The van der Waals surface area contributed by atoms with Gasteiger partial charge in [-0.1, -0.05) is 13.3 Å². The third-order valence-corrected chi connectivity index (χ3v) is 3.71. The Morgan fingerprint density at radius 3 is 2.89 bits per heavy atom. The van der Waals surface area contributed by atoms with Crippen molar-refractivity contribution >= 4 is 11.4 Å². The molecule has 0 aliphatic heterocycles. The van der Waals surface area contributed by atoms with Crippen LogP contribution in [0.5, 0.6) is 0 Å². The summed E-state index contributed by atoms with van der Waals surface area (Å²) >= 11 is 0. The second-order valence-electron chi connectivity index (χ2n) is 5.27. The fourth-order valence-electron chi connectivity index (χ4n) is 2.67. The van der Waals surface area contributed by atoms with Crippen LogP contribution in [0.3, 0.4) is 0 Å². The van der Waals surface area contributed by atoms with Crippen molar-refractivity contribution in [1.29, 1.82) is 5.26 Å². The molecule has 0 heterocycles. The van der Waals surface area contributed by atoms with E-state index < -0.39 is 4.92 Å². The summed E-state index contributed by atoms with van der Waals surface area (Å²) in [5, 5.41) is 22.9. The van der Waals surface area contributed by atoms with Crippen molar-refractivity contribution in [2.24, 2.45) is 11.8 Å². The highest BCUT2D eigenvalue weighted by Crippen LogP contribution is 2.32. The number of anilines is 1. The summed E-state index contributed by atoms with van der Waals surface area (Å²) in [4.78, 5) is 10.6. The van der Waals surface area contributed by atoms with Crippen molar-refractivity contribution in [3.8, 4) is 6.07 Å². The summed E-state index contributed by atoms with van der Waals surface area (Å²) in [5.74, 6) is 1.34. The Morgan fingerprint density at radius 1 is 1.53 bits per heavy atom. The standard InChI is InChI=1S/C14H17N3O2/c1-10-2-3-12(6-10)9-16-13-5-4-11(8-15)7-14(13)17(18)19/h4-5,7,10,12,16H,2-3,6,9H2,1H3. The number of hydrogen-bond donors (Lipinski definition) is 1. The minimum absolute atomic E-state index is 0.0231. The number of nitrogens with one attached hydrogen (secondary N) is 1. The van der Waals surface area contributed by atoms with E-state index in [1.807, 2.05) is 6.07 Å². The normalized spacial score (nSPS) is 21.9. The zero-order valence-corrected chi connectivity index (χ0v) is 10.9. The third-order valence-electron chi connectivity index (χ3n) is 3.71. The van der Waals surface area contributed by atoms with Crippen molar-refractivity contribution in [1.82, 2.24) is 0 Å². The lowest BCUT2D eigenvalue weighted by Gasteiger charge is -2.12. The smallest absolute Gasteiger partial charge is 0.293 e. The van der Waals surface area contributed by atoms with Crippen molar-refractivity contribution in [3.63, 3.8) is 0 Å². The van der Waals surface area contributed by atoms with E-state index in [0.29, 0.717) is 17.2 Å². The van der Waals surface area contributed by atoms with Gasteiger partial charge in [0.2, 0.25) is 0 Å². The zero-order valence-electron chi connectivity index (χ0n) is 10.9. The van der Waals surface area contributed by atoms with E-state index in [0.717, 1.165) is 12.5 Å². The van der Waals surface area contributed by atoms with Crippen molar-refractivity contribution in [3.05, 3.63) is 33.9 Å². The van der Waals surface area contributed by atoms with Crippen LogP contribution < -0.4 is 5.32 Å². The van der Waals surface area contributed by atoms with Gasteiger partial charge in [-0.2, -0.15) is 5.26 Å². The average Bonchev–Trinajstić information content (AvgIpc) is 2.82. The molecule has 2 rings (SSSR count). The molecule has 2 atom stereocenters. The first-order chi connectivity index (χ1) is 9.10. The van der Waals surface area contributed by atoms with Gasteiger partial charge >= 0.3 is 0 Å². The zero-order chi connectivity index (χ0) is 13.8. The number of nitro benzene ring substituents is 1. The number of benzene rings is 1. The van der Waals surface area contributed by atoms with E-state index >= 15 is 0 Å². The molecule has 2 unspecified atom stereocenters. The van der Waals surface area contributed by atoms with Gasteiger partial charge in [0.05, 0.1) is 16.6 Å². The van der Waals surface area contributed by atoms with Crippen LogP contribution in [-0.4, -0.2) is 11.5 Å². The molecule has 1 aromatic rings. The minimum atomic E-state index is -0.444. The molecule has 100 valence electrons. The fourth-order valence-corrected chi connectivity index (χ4v) is 2.67. The second kappa shape index (κ2) is 5.70. The molecular formula is C14H17N3O2. The Balaban J connectivity index is 2.07. The molecule has 0 amide bonds. The molecule has 0 radical (unpaired) electrons. The van der Waals surface area contributed by atoms with E-state index in [2.05, 4.69) is 12.2 Å². The van der Waals surface area contributed by atoms with E-state index in [1.54, 1.807) is 12.1 Å². The predicted octanol–water partition coefficient (Wildman–Crippen LogP) is 3.31. The van der Waals surface area contributed by atoms with Crippen LogP contribution in [0.15, 0.2) is 18.2 Å². The molecule has 1 aromatic carbocycles. The van der Waals surface area contributed by atoms with Gasteiger partial charge in [-0.25, -0.2) is 0 Å². The first-order valence-electron chi connectivity index (χ1n) is 6.52. The maximum Gasteiger partial charge on any atom is 0.293 e. The third kappa shape index (κ3) is 3.22. The monoisotopic (exact) mass is 259 g/mol. The summed E-state index contributed by atoms with van der Waals surface area (Å²) < 4.78 is 0. The van der Waals surface area contributed by atoms with E-state index in [4.69, 9.17) is 5.26 Å². The van der Waals surface area contributed by atoms with Gasteiger partial charge in [-0.15, -0.1) is 0 Å². The second-order valence-corrected chi connectivity index (χ2v) is 5.27. The molecule has 1 aliphatic rings. The summed E-state index contributed by atoms with van der Waals surface area (Å²) in [6.07, 6.45) is 3.59. The predicted molar refractivity (Wildman–Crippen MR) is 72.8 cm³/mol. The molecule has 19 heavy (non-hydrogen) atoms. The van der Waals surface area contributed by atoms with Crippen LogP contribution in [0.25, 0.3) is 0 Å². The maximum atomic E-state index is 11.0. The quantitative estimate of drug-likeness (QED) is 0.664. The molecule has 0 aromatic heterocycles. The number of hydrogen-bond acceptors (Lipinski definition) is 4. The van der Waals surface area contributed by atoms with Crippen LogP contribution in [0.4, 0.5) is 11.4 Å². The first kappa shape index (κ1) is 13.3. The van der Waals surface area contributed by atoms with Gasteiger partial charge in [0.15, 0.2) is 0 Å². The van der Waals surface area contributed by atoms with E-state index in [1.165, 1.54) is 25.3 Å². The highest BCUT2D eigenvalue weighted by molar-refractivity contribution is 5.64. The van der Waals surface area contributed by atoms with Crippen molar-refractivity contribution in [2.45, 2.75) is 26.2 Å². The van der Waals surface area contributed by atoms with Gasteiger partial charge in [0, 0.05) is 12.6 Å². The Kier molecular flexibility index (Phi) is 4.00. The lowest BCUT2D eigenvalue weighted by molar-refractivity contribution is -0.384. The average molecular weight is 259 g/mol. The first-order valence-corrected chi connectivity index (χ1v) is 6.52. The van der Waals surface area contributed by atoms with Gasteiger partial charge in [0.1, 0.15) is 5.69 Å². The van der Waals surface area contributed by atoms with Gasteiger partial charge < -0.3 is 5.32 Å². The summed E-state index contributed by atoms with van der Waals surface area (Å²) in [5.41, 5.74) is 0.792. The number of nitriles is 1. The van der Waals surface area contributed by atoms with Gasteiger partial charge in [0.25, 0.3) is 5.69 Å². The van der Waals surface area contributed by atoms with Crippen molar-refractivity contribution < 1.29 is 4.92 Å². The van der Waals surface area contributed by atoms with E-state index in [-0.39, 0.29) is 5.69 Å². The Bertz CT molecular complexity index is 522. The van der Waals surface area contributed by atoms with Gasteiger partial charge in [-0.3, -0.25) is 10.1 Å². The molecule has 0 bridgehead atoms. The Labute approximate surface area is 112 Å². The molecule has 5 heteroatoms. The maximum absolute atomic E-state index is 11.0. The molecule has 0 spiro atoms. The highest BCUT2D eigenvalue weighted by Gasteiger charge is 2.22. The van der Waals surface area contributed by atoms with Crippen LogP contribution in [-0.2, 0) is 0 Å². The van der Waals surface area contributed by atoms with Crippen LogP contribution in [0.2, 0.25) is 0 Å².